The minimum absolute atomic E-state index is 0.0137. The lowest BCUT2D eigenvalue weighted by molar-refractivity contribution is 0.0924. The predicted octanol–water partition coefficient (Wildman–Crippen LogP) is 2.32. The van der Waals surface area contributed by atoms with Gasteiger partial charge in [0.2, 0.25) is 0 Å². The maximum Gasteiger partial charge on any atom is 0.267 e. The molecular formula is C12H4BrF2N3O2. The minimum Gasteiger partial charge on any atom is -0.268 e. The second kappa shape index (κ2) is 4.41. The maximum absolute atomic E-state index is 13.2. The highest BCUT2D eigenvalue weighted by Crippen LogP contribution is 2.28. The summed E-state index contributed by atoms with van der Waals surface area (Å²) in [7, 11) is 0. The van der Waals surface area contributed by atoms with Crippen molar-refractivity contribution in [1.29, 1.82) is 0 Å². The largest absolute Gasteiger partial charge is 0.268 e. The molecule has 0 saturated carbocycles. The standard InChI is InChI=1S/C12H4BrF2N3O2/c13-9-3-17-10(4-16-9)18-11(19)5-1-7(14)8(15)2-6(5)12(18)20/h1-4H. The lowest BCUT2D eigenvalue weighted by atomic mass is 10.1. The van der Waals surface area contributed by atoms with Crippen molar-refractivity contribution in [3.63, 3.8) is 0 Å². The Bertz CT molecular complexity index is 708. The number of anilines is 1. The second-order valence-corrected chi connectivity index (χ2v) is 4.77. The van der Waals surface area contributed by atoms with E-state index in [-0.39, 0.29) is 16.9 Å². The first-order valence-electron chi connectivity index (χ1n) is 5.34. The van der Waals surface area contributed by atoms with Gasteiger partial charge in [-0.1, -0.05) is 0 Å². The average molecular weight is 340 g/mol. The number of rotatable bonds is 1. The molecule has 0 radical (unpaired) electrons. The fourth-order valence-corrected chi connectivity index (χ4v) is 2.07. The van der Waals surface area contributed by atoms with Crippen molar-refractivity contribution in [3.8, 4) is 0 Å². The van der Waals surface area contributed by atoms with Gasteiger partial charge in [-0.3, -0.25) is 9.59 Å². The van der Waals surface area contributed by atoms with Crippen molar-refractivity contribution < 1.29 is 18.4 Å². The molecule has 0 unspecified atom stereocenters. The predicted molar refractivity (Wildman–Crippen MR) is 67.2 cm³/mol. The van der Waals surface area contributed by atoms with Crippen LogP contribution in [0.25, 0.3) is 0 Å². The van der Waals surface area contributed by atoms with Crippen LogP contribution in [0, 0.1) is 11.6 Å². The van der Waals surface area contributed by atoms with Crippen LogP contribution in [0.15, 0.2) is 29.1 Å². The summed E-state index contributed by atoms with van der Waals surface area (Å²) < 4.78 is 26.8. The van der Waals surface area contributed by atoms with Gasteiger partial charge < -0.3 is 0 Å². The summed E-state index contributed by atoms with van der Waals surface area (Å²) in [6.07, 6.45) is 2.51. The monoisotopic (exact) mass is 339 g/mol. The highest BCUT2D eigenvalue weighted by molar-refractivity contribution is 9.10. The van der Waals surface area contributed by atoms with Crippen LogP contribution in [0.2, 0.25) is 0 Å². The summed E-state index contributed by atoms with van der Waals surface area (Å²) in [6, 6.07) is 1.41. The normalized spacial score (nSPS) is 13.8. The Kier molecular flexibility index (Phi) is 2.82. The zero-order chi connectivity index (χ0) is 14.4. The number of carbonyl (C=O) groups is 2. The van der Waals surface area contributed by atoms with Crippen LogP contribution in [-0.2, 0) is 0 Å². The van der Waals surface area contributed by atoms with Gasteiger partial charge in [0.05, 0.1) is 23.5 Å². The summed E-state index contributed by atoms with van der Waals surface area (Å²) in [4.78, 5) is 32.6. The van der Waals surface area contributed by atoms with Gasteiger partial charge in [0.15, 0.2) is 17.5 Å². The Hall–Kier alpha value is -2.22. The summed E-state index contributed by atoms with van der Waals surface area (Å²) >= 11 is 3.07. The van der Waals surface area contributed by atoms with Crippen LogP contribution in [0.1, 0.15) is 20.7 Å². The molecule has 8 heteroatoms. The Morgan fingerprint density at radius 2 is 1.50 bits per heavy atom. The van der Waals surface area contributed by atoms with Crippen molar-refractivity contribution >= 4 is 33.6 Å². The number of hydrogen-bond donors (Lipinski definition) is 0. The van der Waals surface area contributed by atoms with Crippen LogP contribution in [-0.4, -0.2) is 21.8 Å². The number of aromatic nitrogens is 2. The third kappa shape index (κ3) is 1.80. The highest BCUT2D eigenvalue weighted by atomic mass is 79.9. The molecule has 2 aromatic rings. The lowest BCUT2D eigenvalue weighted by Gasteiger charge is -2.11. The molecule has 5 nitrogen and oxygen atoms in total. The lowest BCUT2D eigenvalue weighted by Crippen LogP contribution is -2.30. The molecule has 20 heavy (non-hydrogen) atoms. The van der Waals surface area contributed by atoms with Crippen molar-refractivity contribution in [2.45, 2.75) is 0 Å². The van der Waals surface area contributed by atoms with Crippen LogP contribution in [0.3, 0.4) is 0 Å². The number of halogens is 3. The van der Waals surface area contributed by atoms with Crippen molar-refractivity contribution in [1.82, 2.24) is 9.97 Å². The molecule has 2 amide bonds. The van der Waals surface area contributed by atoms with Gasteiger partial charge >= 0.3 is 0 Å². The van der Waals surface area contributed by atoms with E-state index < -0.39 is 23.4 Å². The van der Waals surface area contributed by atoms with E-state index in [1.165, 1.54) is 12.4 Å². The zero-order valence-electron chi connectivity index (χ0n) is 9.60. The minimum atomic E-state index is -1.19. The number of fused-ring (bicyclic) bond motifs is 1. The number of nitrogens with zero attached hydrogens (tertiary/aromatic N) is 3. The molecule has 0 N–H and O–H groups in total. The van der Waals surface area contributed by atoms with E-state index in [0.29, 0.717) is 16.7 Å². The van der Waals surface area contributed by atoms with Gasteiger partial charge in [-0.05, 0) is 28.1 Å². The molecule has 0 bridgehead atoms. The second-order valence-electron chi connectivity index (χ2n) is 3.95. The molecule has 1 aliphatic heterocycles. The summed E-state index contributed by atoms with van der Waals surface area (Å²) in [5, 5.41) is 0. The van der Waals surface area contributed by atoms with Crippen LogP contribution >= 0.6 is 15.9 Å². The fraction of sp³-hybridized carbons (Fsp3) is 0. The molecule has 1 aromatic carbocycles. The fourth-order valence-electron chi connectivity index (χ4n) is 1.86. The quantitative estimate of drug-likeness (QED) is 0.748. The molecule has 0 saturated heterocycles. The van der Waals surface area contributed by atoms with E-state index >= 15 is 0 Å². The Morgan fingerprint density at radius 1 is 0.950 bits per heavy atom. The van der Waals surface area contributed by atoms with Crippen molar-refractivity contribution in [2.24, 2.45) is 0 Å². The molecule has 1 aromatic heterocycles. The van der Waals surface area contributed by atoms with Gasteiger partial charge in [-0.15, -0.1) is 0 Å². The SMILES string of the molecule is O=C1c2cc(F)c(F)cc2C(=O)N1c1cnc(Br)cn1. The smallest absolute Gasteiger partial charge is 0.267 e. The molecule has 3 rings (SSSR count). The summed E-state index contributed by atoms with van der Waals surface area (Å²) in [5.41, 5.74) is -0.391. The van der Waals surface area contributed by atoms with Crippen molar-refractivity contribution in [2.75, 3.05) is 4.90 Å². The Labute approximate surface area is 119 Å². The number of amides is 2. The first-order chi connectivity index (χ1) is 9.49. The van der Waals surface area contributed by atoms with Gasteiger partial charge in [-0.2, -0.15) is 0 Å². The molecule has 0 aliphatic carbocycles. The first-order valence-corrected chi connectivity index (χ1v) is 6.13. The van der Waals surface area contributed by atoms with E-state index in [9.17, 15) is 18.4 Å². The number of carbonyl (C=O) groups excluding carboxylic acids is 2. The van der Waals surface area contributed by atoms with E-state index in [4.69, 9.17) is 0 Å². The van der Waals surface area contributed by atoms with Crippen LogP contribution in [0.5, 0.6) is 0 Å². The maximum atomic E-state index is 13.2. The van der Waals surface area contributed by atoms with Gasteiger partial charge in [-0.25, -0.2) is 23.6 Å². The molecular weight excluding hydrogens is 336 g/mol. The summed E-state index contributed by atoms with van der Waals surface area (Å²) in [6.45, 7) is 0. The third-order valence-corrected chi connectivity index (χ3v) is 3.17. The van der Waals surface area contributed by atoms with E-state index in [1.807, 2.05) is 0 Å². The molecule has 100 valence electrons. The number of benzene rings is 1. The molecule has 0 spiro atoms. The zero-order valence-corrected chi connectivity index (χ0v) is 11.2. The average Bonchev–Trinajstić information content (AvgIpc) is 2.65. The van der Waals surface area contributed by atoms with E-state index in [0.717, 1.165) is 4.90 Å². The van der Waals surface area contributed by atoms with Crippen molar-refractivity contribution in [3.05, 3.63) is 51.9 Å². The van der Waals surface area contributed by atoms with Crippen LogP contribution < -0.4 is 4.90 Å². The van der Waals surface area contributed by atoms with Gasteiger partial charge in [0.1, 0.15) is 4.60 Å². The third-order valence-electron chi connectivity index (χ3n) is 2.76. The van der Waals surface area contributed by atoms with Gasteiger partial charge in [0, 0.05) is 0 Å². The molecule has 1 aliphatic rings. The molecule has 0 atom stereocenters. The van der Waals surface area contributed by atoms with E-state index in [2.05, 4.69) is 25.9 Å². The Morgan fingerprint density at radius 3 is 1.95 bits per heavy atom. The topological polar surface area (TPSA) is 63.2 Å². The molecule has 0 fully saturated rings. The van der Waals surface area contributed by atoms with Crippen LogP contribution in [0.4, 0.5) is 14.6 Å². The van der Waals surface area contributed by atoms with E-state index in [1.54, 1.807) is 0 Å². The van der Waals surface area contributed by atoms with Gasteiger partial charge in [0.25, 0.3) is 11.8 Å². The molecule has 2 heterocycles. The highest BCUT2D eigenvalue weighted by Gasteiger charge is 2.38. The number of imide groups is 1. The summed E-state index contributed by atoms with van der Waals surface area (Å²) in [5.74, 6) is -3.91. The first kappa shape index (κ1) is 12.8. The number of hydrogen-bond acceptors (Lipinski definition) is 4. The Balaban J connectivity index is 2.12.